The number of rotatable bonds is 4. The van der Waals surface area contributed by atoms with E-state index >= 15 is 0 Å². The lowest BCUT2D eigenvalue weighted by Crippen LogP contribution is -2.07. The number of fused-ring (bicyclic) bond motifs is 9. The zero-order chi connectivity index (χ0) is 34.2. The van der Waals surface area contributed by atoms with E-state index in [0.717, 1.165) is 44.1 Å². The molecular formula is C47H28N4S. The minimum atomic E-state index is 0.588. The normalized spacial score (nSPS) is 11.8. The maximum atomic E-state index is 5.24. The number of aromatic nitrogens is 4. The summed E-state index contributed by atoms with van der Waals surface area (Å²) in [6.45, 7) is 0. The molecule has 0 saturated heterocycles. The van der Waals surface area contributed by atoms with Crippen molar-refractivity contribution in [3.05, 3.63) is 170 Å². The van der Waals surface area contributed by atoms with Crippen LogP contribution >= 0.6 is 11.3 Å². The maximum Gasteiger partial charge on any atom is 0.238 e. The smallest absolute Gasteiger partial charge is 0.238 e. The van der Waals surface area contributed by atoms with Gasteiger partial charge in [0, 0.05) is 47.6 Å². The number of hydrogen-bond acceptors (Lipinski definition) is 4. The SMILES string of the molecule is c1ccc(-c2nc(-c3ccccc3)nc(-n3c4cc5ccccc5cc4c4cccc(-c5ccc6c(c5)sc5ccc7ccccc7c56)c43)n2)cc1. The average Bonchev–Trinajstić information content (AvgIpc) is 3.75. The fourth-order valence-electron chi connectivity index (χ4n) is 7.80. The molecule has 3 heterocycles. The molecule has 0 radical (unpaired) electrons. The van der Waals surface area contributed by atoms with Gasteiger partial charge in [-0.2, -0.15) is 9.97 Å². The van der Waals surface area contributed by atoms with E-state index in [-0.39, 0.29) is 0 Å². The minimum absolute atomic E-state index is 0.588. The molecule has 4 nitrogen and oxygen atoms in total. The molecule has 52 heavy (non-hydrogen) atoms. The van der Waals surface area contributed by atoms with Gasteiger partial charge in [-0.15, -0.1) is 11.3 Å². The highest BCUT2D eigenvalue weighted by molar-refractivity contribution is 7.26. The van der Waals surface area contributed by atoms with Crippen molar-refractivity contribution in [1.82, 2.24) is 19.5 Å². The first-order valence-electron chi connectivity index (χ1n) is 17.4. The Labute approximate surface area is 302 Å². The van der Waals surface area contributed by atoms with Crippen LogP contribution in [0.15, 0.2) is 170 Å². The van der Waals surface area contributed by atoms with Crippen LogP contribution in [0.3, 0.4) is 0 Å². The first kappa shape index (κ1) is 29.1. The number of benzene rings is 8. The molecule has 0 N–H and O–H groups in total. The molecule has 8 aromatic carbocycles. The second-order valence-corrected chi connectivity index (χ2v) is 14.3. The molecule has 0 aliphatic heterocycles. The zero-order valence-corrected chi connectivity index (χ0v) is 28.7. The van der Waals surface area contributed by atoms with E-state index in [1.54, 1.807) is 0 Å². The molecule has 0 unspecified atom stereocenters. The average molecular weight is 681 g/mol. The van der Waals surface area contributed by atoms with E-state index in [1.165, 1.54) is 41.7 Å². The molecule has 0 amide bonds. The largest absolute Gasteiger partial charge is 0.277 e. The third kappa shape index (κ3) is 4.50. The summed E-state index contributed by atoms with van der Waals surface area (Å²) in [6.07, 6.45) is 0. The van der Waals surface area contributed by atoms with Crippen molar-refractivity contribution in [1.29, 1.82) is 0 Å². The fraction of sp³-hybridized carbons (Fsp3) is 0. The van der Waals surface area contributed by atoms with Crippen LogP contribution in [0.4, 0.5) is 0 Å². The summed E-state index contributed by atoms with van der Waals surface area (Å²) >= 11 is 1.86. The molecule has 0 spiro atoms. The summed E-state index contributed by atoms with van der Waals surface area (Å²) in [4.78, 5) is 15.5. The van der Waals surface area contributed by atoms with E-state index < -0.39 is 0 Å². The molecule has 11 rings (SSSR count). The van der Waals surface area contributed by atoms with Crippen LogP contribution in [-0.2, 0) is 0 Å². The molecule has 0 saturated carbocycles. The second kappa shape index (κ2) is 11.4. The Morgan fingerprint density at radius 3 is 1.81 bits per heavy atom. The van der Waals surface area contributed by atoms with Crippen molar-refractivity contribution in [2.45, 2.75) is 0 Å². The lowest BCUT2D eigenvalue weighted by molar-refractivity contribution is 0.954. The van der Waals surface area contributed by atoms with Crippen molar-refractivity contribution in [3.63, 3.8) is 0 Å². The molecule has 242 valence electrons. The minimum Gasteiger partial charge on any atom is -0.277 e. The van der Waals surface area contributed by atoms with Gasteiger partial charge in [0.2, 0.25) is 5.95 Å². The standard InChI is InChI=1S/C47H28N4S/c1-3-13-30(14-4-1)45-48-46(31-15-5-2-6-16-31)50-47(49-45)51-40-27-33-18-8-7-17-32(33)26-39(40)37-21-11-20-36(44(37)51)34-22-24-38-42(28-34)52-41-25-23-29-12-9-10-19-35(29)43(38)41/h1-28H. The van der Waals surface area contributed by atoms with Gasteiger partial charge in [-0.25, -0.2) is 4.98 Å². The molecular weight excluding hydrogens is 653 g/mol. The van der Waals surface area contributed by atoms with E-state index in [9.17, 15) is 0 Å². The van der Waals surface area contributed by atoms with Gasteiger partial charge in [0.1, 0.15) is 0 Å². The van der Waals surface area contributed by atoms with Gasteiger partial charge >= 0.3 is 0 Å². The van der Waals surface area contributed by atoms with Gasteiger partial charge in [0.15, 0.2) is 11.6 Å². The predicted molar refractivity (Wildman–Crippen MR) is 218 cm³/mol. The van der Waals surface area contributed by atoms with E-state index in [1.807, 2.05) is 47.7 Å². The third-order valence-electron chi connectivity index (χ3n) is 10.2. The number of nitrogens with zero attached hydrogens (tertiary/aromatic N) is 4. The molecule has 0 fully saturated rings. The summed E-state index contributed by atoms with van der Waals surface area (Å²) in [7, 11) is 0. The Balaban J connectivity index is 1.23. The van der Waals surface area contributed by atoms with Gasteiger partial charge in [-0.05, 0) is 51.4 Å². The molecule has 3 aromatic heterocycles. The summed E-state index contributed by atoms with van der Waals surface area (Å²) in [5.74, 6) is 1.86. The molecule has 11 aromatic rings. The Kier molecular flexibility index (Phi) is 6.39. The van der Waals surface area contributed by atoms with Gasteiger partial charge in [0.25, 0.3) is 0 Å². The van der Waals surface area contributed by atoms with Crippen molar-refractivity contribution in [3.8, 4) is 39.9 Å². The molecule has 0 aliphatic carbocycles. The Hall–Kier alpha value is -6.69. The lowest BCUT2D eigenvalue weighted by atomic mass is 9.99. The second-order valence-electron chi connectivity index (χ2n) is 13.2. The van der Waals surface area contributed by atoms with Crippen molar-refractivity contribution in [2.75, 3.05) is 0 Å². The lowest BCUT2D eigenvalue weighted by Gasteiger charge is -2.13. The van der Waals surface area contributed by atoms with Crippen molar-refractivity contribution >= 4 is 74.9 Å². The van der Waals surface area contributed by atoms with Gasteiger partial charge < -0.3 is 0 Å². The van der Waals surface area contributed by atoms with Gasteiger partial charge in [-0.1, -0.05) is 146 Å². The zero-order valence-electron chi connectivity index (χ0n) is 27.9. The fourth-order valence-corrected chi connectivity index (χ4v) is 8.96. The van der Waals surface area contributed by atoms with E-state index in [0.29, 0.717) is 17.6 Å². The highest BCUT2D eigenvalue weighted by Crippen LogP contribution is 2.43. The molecule has 5 heteroatoms. The summed E-state index contributed by atoms with van der Waals surface area (Å²) in [6, 6.07) is 60.3. The van der Waals surface area contributed by atoms with Crippen LogP contribution in [0, 0.1) is 0 Å². The highest BCUT2D eigenvalue weighted by atomic mass is 32.1. The van der Waals surface area contributed by atoms with E-state index in [2.05, 4.69) is 138 Å². The monoisotopic (exact) mass is 680 g/mol. The summed E-state index contributed by atoms with van der Waals surface area (Å²) in [5.41, 5.74) is 6.30. The van der Waals surface area contributed by atoms with E-state index in [4.69, 9.17) is 15.0 Å². The first-order chi connectivity index (χ1) is 25.8. The van der Waals surface area contributed by atoms with Crippen LogP contribution in [0.1, 0.15) is 0 Å². The summed E-state index contributed by atoms with van der Waals surface area (Å²) in [5, 5.41) is 9.86. The molecule has 0 aliphatic rings. The number of hydrogen-bond donors (Lipinski definition) is 0. The van der Waals surface area contributed by atoms with Crippen LogP contribution in [0.2, 0.25) is 0 Å². The Morgan fingerprint density at radius 1 is 0.404 bits per heavy atom. The van der Waals surface area contributed by atoms with Crippen LogP contribution in [0.25, 0.3) is 103 Å². The Morgan fingerprint density at radius 2 is 1.06 bits per heavy atom. The van der Waals surface area contributed by atoms with Crippen LogP contribution in [-0.4, -0.2) is 19.5 Å². The Bertz CT molecular complexity index is 3120. The van der Waals surface area contributed by atoms with Gasteiger partial charge in [-0.3, -0.25) is 4.57 Å². The highest BCUT2D eigenvalue weighted by Gasteiger charge is 2.21. The van der Waals surface area contributed by atoms with Crippen molar-refractivity contribution in [2.24, 2.45) is 0 Å². The summed E-state index contributed by atoms with van der Waals surface area (Å²) < 4.78 is 4.83. The maximum absolute atomic E-state index is 5.24. The quantitative estimate of drug-likeness (QED) is 0.186. The molecule has 0 bridgehead atoms. The topological polar surface area (TPSA) is 43.6 Å². The van der Waals surface area contributed by atoms with Crippen LogP contribution < -0.4 is 0 Å². The number of para-hydroxylation sites is 1. The predicted octanol–water partition coefficient (Wildman–Crippen LogP) is 12.6. The van der Waals surface area contributed by atoms with Gasteiger partial charge in [0.05, 0.1) is 11.0 Å². The molecule has 0 atom stereocenters. The third-order valence-corrected chi connectivity index (χ3v) is 11.3. The number of thiophene rings is 1. The van der Waals surface area contributed by atoms with Crippen molar-refractivity contribution < 1.29 is 0 Å². The first-order valence-corrected chi connectivity index (χ1v) is 18.3. The van der Waals surface area contributed by atoms with Crippen LogP contribution in [0.5, 0.6) is 0 Å².